The highest BCUT2D eigenvalue weighted by Crippen LogP contribution is 2.42. The molecule has 1 spiro atoms. The van der Waals surface area contributed by atoms with Crippen LogP contribution in [-0.2, 0) is 30.8 Å². The third-order valence-electron chi connectivity index (χ3n) is 9.11. The molecule has 2 aromatic rings. The predicted octanol–water partition coefficient (Wildman–Crippen LogP) is 4.81. The first-order valence-electron chi connectivity index (χ1n) is 14.7. The van der Waals surface area contributed by atoms with Crippen molar-refractivity contribution >= 4 is 32.9 Å². The van der Waals surface area contributed by atoms with Crippen LogP contribution in [0.3, 0.4) is 0 Å². The van der Waals surface area contributed by atoms with E-state index in [1.165, 1.54) is 19.3 Å². The summed E-state index contributed by atoms with van der Waals surface area (Å²) in [6.45, 7) is 5.86. The highest BCUT2D eigenvalue weighted by Gasteiger charge is 2.46. The molecule has 4 aliphatic rings. The van der Waals surface area contributed by atoms with Crippen LogP contribution in [-0.4, -0.2) is 60.5 Å². The first-order valence-corrected chi connectivity index (χ1v) is 16.3. The quantitative estimate of drug-likeness (QED) is 0.519. The van der Waals surface area contributed by atoms with E-state index in [2.05, 4.69) is 28.1 Å². The predicted molar refractivity (Wildman–Crippen MR) is 156 cm³/mol. The summed E-state index contributed by atoms with van der Waals surface area (Å²) in [5.41, 5.74) is 2.59. The van der Waals surface area contributed by atoms with E-state index < -0.39 is 21.2 Å². The Balaban J connectivity index is 1.08. The molecular weight excluding hydrogens is 526 g/mol. The summed E-state index contributed by atoms with van der Waals surface area (Å²) in [6, 6.07) is 8.14. The monoisotopic (exact) mass is 567 g/mol. The van der Waals surface area contributed by atoms with Gasteiger partial charge in [0, 0.05) is 35.9 Å². The standard InChI is InChI=1S/C31H41N3O5S/c1-30(2)38-22-25(39-30)21-33-16-13-26-23(10-6-12-28(26)33)11-7-19-40(36,37)34-17-14-31(15-18-34)20-27(32-29(31)35)24-8-4-3-5-9-24/h6-7,10-13,16,20,24-25H,3-5,8-9,14-15,17-19,21-22H2,1-2H3,(H,32,35)/b11-7+/t25-/m0/s1. The van der Waals surface area contributed by atoms with Crippen molar-refractivity contribution in [2.45, 2.75) is 77.2 Å². The largest absolute Gasteiger partial charge is 0.348 e. The van der Waals surface area contributed by atoms with Crippen LogP contribution in [0.15, 0.2) is 48.3 Å². The number of nitrogens with one attached hydrogen (secondary N) is 1. The lowest BCUT2D eigenvalue weighted by Crippen LogP contribution is -2.46. The number of sulfonamides is 1. The van der Waals surface area contributed by atoms with E-state index in [0.717, 1.165) is 35.0 Å². The highest BCUT2D eigenvalue weighted by atomic mass is 32.2. The normalized spacial score (nSPS) is 25.7. The summed E-state index contributed by atoms with van der Waals surface area (Å²) in [4.78, 5) is 13.0. The average Bonchev–Trinajstić information content (AvgIpc) is 3.60. The summed E-state index contributed by atoms with van der Waals surface area (Å²) in [7, 11) is -3.47. The molecule has 216 valence electrons. The van der Waals surface area contributed by atoms with Gasteiger partial charge in [-0.15, -0.1) is 0 Å². The van der Waals surface area contributed by atoms with E-state index in [4.69, 9.17) is 9.47 Å². The Kier molecular flexibility index (Phi) is 7.44. The lowest BCUT2D eigenvalue weighted by atomic mass is 9.78. The van der Waals surface area contributed by atoms with E-state index >= 15 is 0 Å². The van der Waals surface area contributed by atoms with Crippen molar-refractivity contribution in [2.24, 2.45) is 11.3 Å². The van der Waals surface area contributed by atoms with Gasteiger partial charge in [-0.25, -0.2) is 12.7 Å². The smallest absolute Gasteiger partial charge is 0.234 e. The minimum atomic E-state index is -3.47. The minimum absolute atomic E-state index is 0.0109. The Bertz CT molecular complexity index is 1430. The molecule has 0 radical (unpaired) electrons. The first kappa shape index (κ1) is 27.7. The molecule has 1 amide bonds. The fourth-order valence-corrected chi connectivity index (χ4v) is 8.14. The van der Waals surface area contributed by atoms with Crippen LogP contribution < -0.4 is 5.32 Å². The van der Waals surface area contributed by atoms with Gasteiger partial charge in [-0.05, 0) is 69.2 Å². The van der Waals surface area contributed by atoms with Gasteiger partial charge in [-0.1, -0.05) is 43.5 Å². The number of hydrogen-bond donors (Lipinski definition) is 1. The average molecular weight is 568 g/mol. The summed E-state index contributed by atoms with van der Waals surface area (Å²) in [5.74, 6) is -0.113. The molecular formula is C31H41N3O5S. The Morgan fingerprint density at radius 1 is 1.10 bits per heavy atom. The number of nitrogens with zero attached hydrogens (tertiary/aromatic N) is 2. The molecule has 40 heavy (non-hydrogen) atoms. The molecule has 9 heteroatoms. The molecule has 2 saturated heterocycles. The maximum absolute atomic E-state index is 13.2. The number of carbonyl (C=O) groups excluding carboxylic acids is 1. The molecule has 0 unspecified atom stereocenters. The molecule has 1 atom stereocenters. The molecule has 0 bridgehead atoms. The number of piperidine rings is 1. The maximum Gasteiger partial charge on any atom is 0.234 e. The van der Waals surface area contributed by atoms with E-state index in [-0.39, 0.29) is 17.8 Å². The van der Waals surface area contributed by atoms with Crippen molar-refractivity contribution < 1.29 is 22.7 Å². The zero-order valence-electron chi connectivity index (χ0n) is 23.6. The second kappa shape index (κ2) is 10.7. The number of amides is 1. The topological polar surface area (TPSA) is 89.9 Å². The fourth-order valence-electron chi connectivity index (χ4n) is 6.85. The second-order valence-corrected chi connectivity index (χ2v) is 14.3. The van der Waals surface area contributed by atoms with Crippen molar-refractivity contribution in [3.05, 3.63) is 53.9 Å². The summed E-state index contributed by atoms with van der Waals surface area (Å²) in [5, 5.41) is 4.23. The number of ether oxygens (including phenoxy) is 2. The van der Waals surface area contributed by atoms with Crippen molar-refractivity contribution in [2.75, 3.05) is 25.4 Å². The van der Waals surface area contributed by atoms with Crippen molar-refractivity contribution in [3.63, 3.8) is 0 Å². The van der Waals surface area contributed by atoms with E-state index in [1.807, 2.05) is 38.3 Å². The summed E-state index contributed by atoms with van der Waals surface area (Å²) < 4.78 is 41.8. The van der Waals surface area contributed by atoms with Gasteiger partial charge < -0.3 is 19.4 Å². The minimum Gasteiger partial charge on any atom is -0.348 e. The van der Waals surface area contributed by atoms with Crippen LogP contribution in [0.5, 0.6) is 0 Å². The van der Waals surface area contributed by atoms with Crippen LogP contribution in [0.4, 0.5) is 0 Å². The van der Waals surface area contributed by atoms with Crippen molar-refractivity contribution in [1.29, 1.82) is 0 Å². The molecule has 6 rings (SSSR count). The van der Waals surface area contributed by atoms with Gasteiger partial charge in [0.25, 0.3) is 0 Å². The Labute approximate surface area is 237 Å². The van der Waals surface area contributed by atoms with Crippen molar-refractivity contribution in [3.8, 4) is 0 Å². The van der Waals surface area contributed by atoms with Gasteiger partial charge in [0.1, 0.15) is 6.10 Å². The molecule has 1 aromatic carbocycles. The Morgan fingerprint density at radius 3 is 2.60 bits per heavy atom. The molecule has 3 fully saturated rings. The van der Waals surface area contributed by atoms with Gasteiger partial charge in [0.05, 0.1) is 24.3 Å². The Hall–Kier alpha value is -2.46. The molecule has 8 nitrogen and oxygen atoms in total. The van der Waals surface area contributed by atoms with E-state index in [0.29, 0.717) is 45.0 Å². The molecule has 1 aliphatic carbocycles. The number of carbonyl (C=O) groups is 1. The van der Waals surface area contributed by atoms with E-state index in [1.54, 1.807) is 10.4 Å². The van der Waals surface area contributed by atoms with Gasteiger partial charge in [0.2, 0.25) is 15.9 Å². The number of benzene rings is 1. The molecule has 3 aliphatic heterocycles. The van der Waals surface area contributed by atoms with Gasteiger partial charge in [0.15, 0.2) is 5.79 Å². The van der Waals surface area contributed by atoms with Gasteiger partial charge in [-0.2, -0.15) is 0 Å². The number of allylic oxidation sites excluding steroid dienone is 1. The lowest BCUT2D eigenvalue weighted by molar-refractivity contribution is -0.139. The number of aromatic nitrogens is 1. The van der Waals surface area contributed by atoms with Gasteiger partial charge in [-0.3, -0.25) is 4.79 Å². The zero-order valence-corrected chi connectivity index (χ0v) is 24.4. The fraction of sp³-hybridized carbons (Fsp3) is 0.581. The number of fused-ring (bicyclic) bond motifs is 1. The van der Waals surface area contributed by atoms with Crippen LogP contribution in [0.25, 0.3) is 17.0 Å². The van der Waals surface area contributed by atoms with Crippen LogP contribution >= 0.6 is 0 Å². The first-order chi connectivity index (χ1) is 19.1. The highest BCUT2D eigenvalue weighted by molar-refractivity contribution is 7.89. The summed E-state index contributed by atoms with van der Waals surface area (Å²) >= 11 is 0. The molecule has 1 N–H and O–H groups in total. The number of rotatable bonds is 7. The SMILES string of the molecule is CC1(C)OC[C@H](Cn2ccc3c(/C=C/CS(=O)(=O)N4CCC5(C=C(C6CCCCC6)NC5=O)CC4)cccc32)O1. The number of hydrogen-bond acceptors (Lipinski definition) is 5. The third kappa shape index (κ3) is 5.53. The van der Waals surface area contributed by atoms with Crippen LogP contribution in [0, 0.1) is 11.3 Å². The third-order valence-corrected chi connectivity index (χ3v) is 10.9. The zero-order chi connectivity index (χ0) is 28.0. The lowest BCUT2D eigenvalue weighted by Gasteiger charge is -2.35. The second-order valence-electron chi connectivity index (χ2n) is 12.3. The summed E-state index contributed by atoms with van der Waals surface area (Å²) in [6.07, 6.45) is 14.9. The van der Waals surface area contributed by atoms with Crippen LogP contribution in [0.2, 0.25) is 0 Å². The van der Waals surface area contributed by atoms with Crippen molar-refractivity contribution in [1.82, 2.24) is 14.2 Å². The maximum atomic E-state index is 13.2. The van der Waals surface area contributed by atoms with E-state index in [9.17, 15) is 13.2 Å². The Morgan fingerprint density at radius 2 is 1.88 bits per heavy atom. The molecule has 1 aromatic heterocycles. The van der Waals surface area contributed by atoms with Gasteiger partial charge >= 0.3 is 0 Å². The molecule has 1 saturated carbocycles. The van der Waals surface area contributed by atoms with Crippen LogP contribution in [0.1, 0.15) is 64.4 Å². The molecule has 4 heterocycles.